The first kappa shape index (κ1) is 10.1. The van der Waals surface area contributed by atoms with Crippen LogP contribution in [0.1, 0.15) is 22.2 Å². The Labute approximate surface area is 89.9 Å². The van der Waals surface area contributed by atoms with E-state index in [0.29, 0.717) is 0 Å². The topological polar surface area (TPSA) is 15.3 Å². The van der Waals surface area contributed by atoms with Gasteiger partial charge in [0, 0.05) is 29.4 Å². The predicted octanol–water partition coefficient (Wildman–Crippen LogP) is 1.85. The first-order valence-electron chi connectivity index (χ1n) is 5.29. The number of fused-ring (bicyclic) bond motifs is 1. The molecule has 0 saturated carbocycles. The van der Waals surface area contributed by atoms with Crippen LogP contribution in [0.5, 0.6) is 0 Å². The molecular formula is C11H18N2S. The van der Waals surface area contributed by atoms with Crippen molar-refractivity contribution in [1.82, 2.24) is 10.2 Å². The van der Waals surface area contributed by atoms with Crippen molar-refractivity contribution in [2.75, 3.05) is 20.1 Å². The summed E-state index contributed by atoms with van der Waals surface area (Å²) < 4.78 is 0. The molecule has 1 aromatic heterocycles. The molecule has 0 amide bonds. The van der Waals surface area contributed by atoms with E-state index >= 15 is 0 Å². The van der Waals surface area contributed by atoms with Gasteiger partial charge in [0.2, 0.25) is 0 Å². The Kier molecular flexibility index (Phi) is 3.21. The van der Waals surface area contributed by atoms with E-state index in [1.807, 2.05) is 11.3 Å². The lowest BCUT2D eigenvalue weighted by Crippen LogP contribution is -2.25. The van der Waals surface area contributed by atoms with E-state index < -0.39 is 0 Å². The summed E-state index contributed by atoms with van der Waals surface area (Å²) in [5.74, 6) is 0. The summed E-state index contributed by atoms with van der Waals surface area (Å²) in [5.41, 5.74) is 1.55. The largest absolute Gasteiger partial charge is 0.312 e. The first-order valence-corrected chi connectivity index (χ1v) is 6.11. The summed E-state index contributed by atoms with van der Waals surface area (Å²) >= 11 is 1.99. The quantitative estimate of drug-likeness (QED) is 0.819. The summed E-state index contributed by atoms with van der Waals surface area (Å²) in [5, 5.41) is 3.38. The normalized spacial score (nSPS) is 17.0. The molecule has 2 nitrogen and oxygen atoms in total. The van der Waals surface area contributed by atoms with Gasteiger partial charge < -0.3 is 10.2 Å². The highest BCUT2D eigenvalue weighted by molar-refractivity contribution is 7.12. The van der Waals surface area contributed by atoms with Gasteiger partial charge in [-0.15, -0.1) is 11.3 Å². The molecule has 1 aromatic rings. The van der Waals surface area contributed by atoms with Gasteiger partial charge in [0.15, 0.2) is 0 Å². The lowest BCUT2D eigenvalue weighted by atomic mass is 10.1. The van der Waals surface area contributed by atoms with Gasteiger partial charge in [-0.05, 0) is 31.6 Å². The van der Waals surface area contributed by atoms with Crippen LogP contribution in [-0.2, 0) is 19.5 Å². The van der Waals surface area contributed by atoms with E-state index in [4.69, 9.17) is 0 Å². The van der Waals surface area contributed by atoms with Crippen molar-refractivity contribution in [2.24, 2.45) is 0 Å². The van der Waals surface area contributed by atoms with Crippen molar-refractivity contribution < 1.29 is 0 Å². The third-order valence-corrected chi connectivity index (χ3v) is 3.89. The molecule has 1 aliphatic heterocycles. The fraction of sp³-hybridized carbons (Fsp3) is 0.636. The standard InChI is InChI=1S/C11H18N2S/c1-3-12-7-10-6-9-8-13(2)5-4-11(9)14-10/h6,12H,3-5,7-8H2,1-2H3. The van der Waals surface area contributed by atoms with Gasteiger partial charge in [-0.2, -0.15) is 0 Å². The zero-order chi connectivity index (χ0) is 9.97. The van der Waals surface area contributed by atoms with E-state index in [2.05, 4.69) is 30.3 Å². The van der Waals surface area contributed by atoms with Crippen molar-refractivity contribution >= 4 is 11.3 Å². The number of likely N-dealkylation sites (N-methyl/N-ethyl adjacent to an activating group) is 1. The fourth-order valence-electron chi connectivity index (χ4n) is 1.87. The minimum atomic E-state index is 1.04. The Morgan fingerprint density at radius 2 is 2.43 bits per heavy atom. The molecule has 0 spiro atoms. The van der Waals surface area contributed by atoms with Crippen LogP contribution >= 0.6 is 11.3 Å². The molecule has 0 aliphatic carbocycles. The van der Waals surface area contributed by atoms with Crippen LogP contribution in [0.3, 0.4) is 0 Å². The Hall–Kier alpha value is -0.380. The summed E-state index contributed by atoms with van der Waals surface area (Å²) in [6, 6.07) is 2.37. The SMILES string of the molecule is CCNCc1cc2c(s1)CCN(C)C2. The second-order valence-electron chi connectivity index (χ2n) is 3.93. The van der Waals surface area contributed by atoms with Crippen LogP contribution in [0.25, 0.3) is 0 Å². The molecule has 0 fully saturated rings. The zero-order valence-electron chi connectivity index (χ0n) is 8.97. The van der Waals surface area contributed by atoms with Crippen molar-refractivity contribution in [2.45, 2.75) is 26.4 Å². The smallest absolute Gasteiger partial charge is 0.0299 e. The summed E-state index contributed by atoms with van der Waals surface area (Å²) in [6.07, 6.45) is 1.24. The average Bonchev–Trinajstić information content (AvgIpc) is 2.56. The van der Waals surface area contributed by atoms with E-state index in [0.717, 1.165) is 19.6 Å². The lowest BCUT2D eigenvalue weighted by Gasteiger charge is -2.21. The van der Waals surface area contributed by atoms with Crippen LogP contribution in [0.4, 0.5) is 0 Å². The first-order chi connectivity index (χ1) is 6.79. The predicted molar refractivity (Wildman–Crippen MR) is 61.7 cm³/mol. The van der Waals surface area contributed by atoms with E-state index in [1.54, 1.807) is 10.4 Å². The van der Waals surface area contributed by atoms with Crippen molar-refractivity contribution in [3.63, 3.8) is 0 Å². The van der Waals surface area contributed by atoms with Gasteiger partial charge in [-0.1, -0.05) is 6.92 Å². The highest BCUT2D eigenvalue weighted by Crippen LogP contribution is 2.27. The van der Waals surface area contributed by atoms with Gasteiger partial charge in [-0.3, -0.25) is 0 Å². The maximum absolute atomic E-state index is 3.38. The average molecular weight is 210 g/mol. The molecule has 14 heavy (non-hydrogen) atoms. The molecular weight excluding hydrogens is 192 g/mol. The zero-order valence-corrected chi connectivity index (χ0v) is 9.78. The molecule has 1 N–H and O–H groups in total. The second kappa shape index (κ2) is 4.43. The highest BCUT2D eigenvalue weighted by atomic mass is 32.1. The summed E-state index contributed by atoms with van der Waals surface area (Å²) in [6.45, 7) is 6.60. The Balaban J connectivity index is 2.07. The molecule has 78 valence electrons. The lowest BCUT2D eigenvalue weighted by molar-refractivity contribution is 0.315. The van der Waals surface area contributed by atoms with E-state index in [1.165, 1.54) is 17.8 Å². The Bertz CT molecular complexity index is 306. The number of hydrogen-bond acceptors (Lipinski definition) is 3. The molecule has 2 rings (SSSR count). The molecule has 0 radical (unpaired) electrons. The van der Waals surface area contributed by atoms with Crippen molar-refractivity contribution in [1.29, 1.82) is 0 Å². The van der Waals surface area contributed by atoms with Crippen LogP contribution in [0.2, 0.25) is 0 Å². The molecule has 0 saturated heterocycles. The monoisotopic (exact) mass is 210 g/mol. The maximum atomic E-state index is 3.38. The Morgan fingerprint density at radius 1 is 1.57 bits per heavy atom. The van der Waals surface area contributed by atoms with Gasteiger partial charge in [-0.25, -0.2) is 0 Å². The third-order valence-electron chi connectivity index (χ3n) is 2.66. The third kappa shape index (κ3) is 2.16. The number of rotatable bonds is 3. The van der Waals surface area contributed by atoms with Gasteiger partial charge in [0.25, 0.3) is 0 Å². The molecule has 0 aromatic carbocycles. The van der Waals surface area contributed by atoms with E-state index in [9.17, 15) is 0 Å². The van der Waals surface area contributed by atoms with Gasteiger partial charge in [0.05, 0.1) is 0 Å². The highest BCUT2D eigenvalue weighted by Gasteiger charge is 2.15. The molecule has 0 bridgehead atoms. The number of nitrogens with one attached hydrogen (secondary N) is 1. The number of hydrogen-bond donors (Lipinski definition) is 1. The summed E-state index contributed by atoms with van der Waals surface area (Å²) in [7, 11) is 2.20. The summed E-state index contributed by atoms with van der Waals surface area (Å²) in [4.78, 5) is 5.50. The molecule has 1 aliphatic rings. The molecule has 0 unspecified atom stereocenters. The molecule has 3 heteroatoms. The minimum absolute atomic E-state index is 1.04. The fourth-order valence-corrected chi connectivity index (χ4v) is 3.01. The van der Waals surface area contributed by atoms with Gasteiger partial charge in [0.1, 0.15) is 0 Å². The number of thiophene rings is 1. The maximum Gasteiger partial charge on any atom is 0.0299 e. The Morgan fingerprint density at radius 3 is 3.21 bits per heavy atom. The van der Waals surface area contributed by atoms with E-state index in [-0.39, 0.29) is 0 Å². The van der Waals surface area contributed by atoms with Crippen molar-refractivity contribution in [3.05, 3.63) is 21.4 Å². The molecule has 2 heterocycles. The van der Waals surface area contributed by atoms with Crippen LogP contribution in [0.15, 0.2) is 6.07 Å². The molecule has 0 atom stereocenters. The van der Waals surface area contributed by atoms with Gasteiger partial charge >= 0.3 is 0 Å². The van der Waals surface area contributed by atoms with Crippen molar-refractivity contribution in [3.8, 4) is 0 Å². The van der Waals surface area contributed by atoms with Crippen LogP contribution in [0, 0.1) is 0 Å². The minimum Gasteiger partial charge on any atom is -0.312 e. The van der Waals surface area contributed by atoms with Crippen LogP contribution in [-0.4, -0.2) is 25.0 Å². The van der Waals surface area contributed by atoms with Crippen LogP contribution < -0.4 is 5.32 Å². The number of nitrogens with zero attached hydrogens (tertiary/aromatic N) is 1. The second-order valence-corrected chi connectivity index (χ2v) is 5.15.